The standard InChI is InChI=1S/C14H15NO4S/c1-10(12-7-5-9-19-12)15-14(16)11-6-3-4-8-13(11)20(2,17)18/h3-10H,1-2H3,(H,15,16). The van der Waals surface area contributed by atoms with Crippen molar-refractivity contribution >= 4 is 15.7 Å². The van der Waals surface area contributed by atoms with Gasteiger partial charge in [0.05, 0.1) is 22.8 Å². The van der Waals surface area contributed by atoms with Crippen LogP contribution < -0.4 is 5.32 Å². The van der Waals surface area contributed by atoms with Crippen molar-refractivity contribution in [2.24, 2.45) is 0 Å². The molecule has 2 aromatic rings. The van der Waals surface area contributed by atoms with Gasteiger partial charge in [0.25, 0.3) is 5.91 Å². The summed E-state index contributed by atoms with van der Waals surface area (Å²) in [6, 6.07) is 9.24. The first-order valence-electron chi connectivity index (χ1n) is 6.03. The van der Waals surface area contributed by atoms with E-state index in [1.807, 2.05) is 0 Å². The highest BCUT2D eigenvalue weighted by molar-refractivity contribution is 7.90. The van der Waals surface area contributed by atoms with Gasteiger partial charge in [-0.25, -0.2) is 8.42 Å². The van der Waals surface area contributed by atoms with E-state index in [9.17, 15) is 13.2 Å². The van der Waals surface area contributed by atoms with E-state index < -0.39 is 15.7 Å². The monoisotopic (exact) mass is 293 g/mol. The van der Waals surface area contributed by atoms with Crippen molar-refractivity contribution in [3.63, 3.8) is 0 Å². The van der Waals surface area contributed by atoms with Gasteiger partial charge in [-0.1, -0.05) is 12.1 Å². The summed E-state index contributed by atoms with van der Waals surface area (Å²) in [6.45, 7) is 1.76. The molecule has 1 aromatic heterocycles. The Hall–Kier alpha value is -2.08. The number of hydrogen-bond donors (Lipinski definition) is 1. The van der Waals surface area contributed by atoms with E-state index in [1.54, 1.807) is 31.2 Å². The third kappa shape index (κ3) is 3.08. The zero-order chi connectivity index (χ0) is 14.8. The molecule has 5 nitrogen and oxygen atoms in total. The fourth-order valence-corrected chi connectivity index (χ4v) is 2.75. The lowest BCUT2D eigenvalue weighted by molar-refractivity contribution is 0.0932. The SMILES string of the molecule is CC(NC(=O)c1ccccc1S(C)(=O)=O)c1ccco1. The summed E-state index contributed by atoms with van der Waals surface area (Å²) in [7, 11) is -3.45. The maximum absolute atomic E-state index is 12.2. The molecule has 0 aliphatic heterocycles. The molecule has 0 fully saturated rings. The second-order valence-corrected chi connectivity index (χ2v) is 6.46. The molecule has 1 unspecified atom stereocenters. The van der Waals surface area contributed by atoms with Crippen LogP contribution in [0.3, 0.4) is 0 Å². The Labute approximate surface area is 117 Å². The third-order valence-electron chi connectivity index (χ3n) is 2.85. The molecule has 0 saturated heterocycles. The van der Waals surface area contributed by atoms with Gasteiger partial charge in [0, 0.05) is 6.26 Å². The second kappa shape index (κ2) is 5.50. The van der Waals surface area contributed by atoms with Gasteiger partial charge in [0.15, 0.2) is 9.84 Å². The zero-order valence-corrected chi connectivity index (χ0v) is 12.0. The predicted molar refractivity (Wildman–Crippen MR) is 74.1 cm³/mol. The summed E-state index contributed by atoms with van der Waals surface area (Å²) in [5.41, 5.74) is 0.133. The van der Waals surface area contributed by atoms with Crippen molar-refractivity contribution < 1.29 is 17.6 Å². The molecule has 106 valence electrons. The van der Waals surface area contributed by atoms with Crippen molar-refractivity contribution in [2.45, 2.75) is 17.9 Å². The van der Waals surface area contributed by atoms with Crippen LogP contribution in [0.25, 0.3) is 0 Å². The Bertz CT molecular complexity index is 705. The molecule has 0 radical (unpaired) electrons. The summed E-state index contributed by atoms with van der Waals surface area (Å²) in [6.07, 6.45) is 2.59. The van der Waals surface area contributed by atoms with Crippen LogP contribution in [0.15, 0.2) is 52.0 Å². The van der Waals surface area contributed by atoms with Crippen LogP contribution in [-0.2, 0) is 9.84 Å². The number of hydrogen-bond acceptors (Lipinski definition) is 4. The van der Waals surface area contributed by atoms with Crippen LogP contribution in [0.2, 0.25) is 0 Å². The smallest absolute Gasteiger partial charge is 0.253 e. The van der Waals surface area contributed by atoms with Crippen molar-refractivity contribution in [2.75, 3.05) is 6.26 Å². The molecule has 0 aliphatic rings. The summed E-state index contributed by atoms with van der Waals surface area (Å²) >= 11 is 0. The molecule has 1 aromatic carbocycles. The number of sulfone groups is 1. The van der Waals surface area contributed by atoms with E-state index in [2.05, 4.69) is 5.32 Å². The topological polar surface area (TPSA) is 76.4 Å². The summed E-state index contributed by atoms with van der Waals surface area (Å²) < 4.78 is 28.5. The van der Waals surface area contributed by atoms with Gasteiger partial charge in [0.1, 0.15) is 5.76 Å². The molecule has 6 heteroatoms. The maximum Gasteiger partial charge on any atom is 0.253 e. The lowest BCUT2D eigenvalue weighted by Crippen LogP contribution is -2.27. The van der Waals surface area contributed by atoms with Crippen LogP contribution in [0, 0.1) is 0 Å². The van der Waals surface area contributed by atoms with Crippen LogP contribution >= 0.6 is 0 Å². The Morgan fingerprint density at radius 3 is 2.50 bits per heavy atom. The van der Waals surface area contributed by atoms with Crippen LogP contribution in [0.4, 0.5) is 0 Å². The van der Waals surface area contributed by atoms with Gasteiger partial charge in [-0.3, -0.25) is 4.79 Å². The number of rotatable bonds is 4. The number of furan rings is 1. The Morgan fingerprint density at radius 2 is 1.90 bits per heavy atom. The fourth-order valence-electron chi connectivity index (χ4n) is 1.86. The minimum absolute atomic E-state index is 0.0177. The Morgan fingerprint density at radius 1 is 1.20 bits per heavy atom. The van der Waals surface area contributed by atoms with Crippen LogP contribution in [0.5, 0.6) is 0 Å². The highest BCUT2D eigenvalue weighted by atomic mass is 32.2. The first-order valence-corrected chi connectivity index (χ1v) is 7.92. The summed E-state index contributed by atoms with van der Waals surface area (Å²) in [5.74, 6) is 0.158. The Kier molecular flexibility index (Phi) is 3.94. The molecule has 1 atom stereocenters. The van der Waals surface area contributed by atoms with E-state index >= 15 is 0 Å². The highest BCUT2D eigenvalue weighted by Crippen LogP contribution is 2.18. The Balaban J connectivity index is 2.27. The number of carbonyl (C=O) groups is 1. The van der Waals surface area contributed by atoms with E-state index in [0.29, 0.717) is 5.76 Å². The van der Waals surface area contributed by atoms with Crippen LogP contribution in [-0.4, -0.2) is 20.6 Å². The number of amides is 1. The molecule has 20 heavy (non-hydrogen) atoms. The first-order chi connectivity index (χ1) is 9.39. The quantitative estimate of drug-likeness (QED) is 0.937. The van der Waals surface area contributed by atoms with E-state index in [0.717, 1.165) is 6.26 Å². The van der Waals surface area contributed by atoms with Gasteiger partial charge in [-0.2, -0.15) is 0 Å². The molecular weight excluding hydrogens is 278 g/mol. The minimum atomic E-state index is -3.45. The van der Waals surface area contributed by atoms with Crippen molar-refractivity contribution in [1.82, 2.24) is 5.32 Å². The normalized spacial score (nSPS) is 12.9. The van der Waals surface area contributed by atoms with E-state index in [4.69, 9.17) is 4.42 Å². The molecule has 0 saturated carbocycles. The average molecular weight is 293 g/mol. The van der Waals surface area contributed by atoms with Crippen molar-refractivity contribution in [3.8, 4) is 0 Å². The average Bonchev–Trinajstić information content (AvgIpc) is 2.91. The largest absolute Gasteiger partial charge is 0.467 e. The predicted octanol–water partition coefficient (Wildman–Crippen LogP) is 2.17. The number of benzene rings is 1. The molecular formula is C14H15NO4S. The fraction of sp³-hybridized carbons (Fsp3) is 0.214. The third-order valence-corrected chi connectivity index (χ3v) is 4.00. The van der Waals surface area contributed by atoms with E-state index in [-0.39, 0.29) is 16.5 Å². The van der Waals surface area contributed by atoms with Crippen molar-refractivity contribution in [3.05, 3.63) is 54.0 Å². The molecule has 1 heterocycles. The zero-order valence-electron chi connectivity index (χ0n) is 11.2. The first kappa shape index (κ1) is 14.3. The summed E-state index contributed by atoms with van der Waals surface area (Å²) in [5, 5.41) is 2.71. The van der Waals surface area contributed by atoms with Gasteiger partial charge in [-0.05, 0) is 31.2 Å². The molecule has 2 rings (SSSR count). The lowest BCUT2D eigenvalue weighted by atomic mass is 10.2. The van der Waals surface area contributed by atoms with Gasteiger partial charge in [-0.15, -0.1) is 0 Å². The number of carbonyl (C=O) groups excluding carboxylic acids is 1. The highest BCUT2D eigenvalue weighted by Gasteiger charge is 2.20. The molecule has 0 aliphatic carbocycles. The van der Waals surface area contributed by atoms with E-state index in [1.165, 1.54) is 18.4 Å². The van der Waals surface area contributed by atoms with Crippen molar-refractivity contribution in [1.29, 1.82) is 0 Å². The van der Waals surface area contributed by atoms with Gasteiger partial charge >= 0.3 is 0 Å². The molecule has 1 amide bonds. The molecule has 0 bridgehead atoms. The van der Waals surface area contributed by atoms with Gasteiger partial charge in [0.2, 0.25) is 0 Å². The number of nitrogens with one attached hydrogen (secondary N) is 1. The maximum atomic E-state index is 12.2. The lowest BCUT2D eigenvalue weighted by Gasteiger charge is -2.13. The molecule has 1 N–H and O–H groups in total. The molecule has 0 spiro atoms. The minimum Gasteiger partial charge on any atom is -0.467 e. The summed E-state index contributed by atoms with van der Waals surface area (Å²) in [4.78, 5) is 12.2. The second-order valence-electron chi connectivity index (χ2n) is 4.48. The van der Waals surface area contributed by atoms with Gasteiger partial charge < -0.3 is 9.73 Å². The van der Waals surface area contributed by atoms with Crippen LogP contribution in [0.1, 0.15) is 29.1 Å².